The van der Waals surface area contributed by atoms with E-state index in [1.54, 1.807) is 0 Å². The van der Waals surface area contributed by atoms with E-state index >= 15 is 0 Å². The molecule has 2 aliphatic rings. The van der Waals surface area contributed by atoms with Gasteiger partial charge in [0.05, 0.1) is 22.1 Å². The standard InChI is InChI=1S/C44H24BN5O/c1-2-13-25(14-3-1)46-32-21-10-6-17-28(32)39-43(46)49-30-19-8-4-15-26(30)36-41(49)47(39)33-22-12-23-34-38(33)45(36)37-27-16-5-9-20-31(27)50-42(37)48(34)40-29-18-7-11-24-35(29)51-44(40)50/h1-24H. The highest BCUT2D eigenvalue weighted by Gasteiger charge is 2.46. The van der Waals surface area contributed by atoms with Crippen LogP contribution in [0.25, 0.3) is 94.4 Å². The van der Waals surface area contributed by atoms with Crippen molar-refractivity contribution < 1.29 is 4.42 Å². The Morgan fingerprint density at radius 3 is 1.71 bits per heavy atom. The highest BCUT2D eigenvalue weighted by molar-refractivity contribution is 7.02. The predicted octanol–water partition coefficient (Wildman–Crippen LogP) is 8.22. The average molecular weight is 650 g/mol. The molecule has 0 spiro atoms. The Morgan fingerprint density at radius 1 is 0.392 bits per heavy atom. The third kappa shape index (κ3) is 2.61. The number of hydrogen-bond acceptors (Lipinski definition) is 1. The van der Waals surface area contributed by atoms with Gasteiger partial charge in [0.2, 0.25) is 5.71 Å². The zero-order valence-electron chi connectivity index (χ0n) is 27.1. The van der Waals surface area contributed by atoms with Crippen LogP contribution in [0.1, 0.15) is 0 Å². The second-order valence-electron chi connectivity index (χ2n) is 14.1. The third-order valence-corrected chi connectivity index (χ3v) is 11.9. The number of hydrogen-bond donors (Lipinski definition) is 0. The van der Waals surface area contributed by atoms with Crippen molar-refractivity contribution in [3.63, 3.8) is 0 Å². The van der Waals surface area contributed by atoms with Crippen molar-refractivity contribution in [1.29, 1.82) is 0 Å². The van der Waals surface area contributed by atoms with Crippen molar-refractivity contribution in [1.82, 2.24) is 22.5 Å². The summed E-state index contributed by atoms with van der Waals surface area (Å²) < 4.78 is 19.2. The maximum atomic E-state index is 6.77. The van der Waals surface area contributed by atoms with E-state index in [9.17, 15) is 0 Å². The number of imidazole rings is 2. The zero-order valence-corrected chi connectivity index (χ0v) is 27.1. The molecule has 0 N–H and O–H groups in total. The topological polar surface area (TPSA) is 36.8 Å². The van der Waals surface area contributed by atoms with Crippen LogP contribution in [0.15, 0.2) is 150 Å². The lowest BCUT2D eigenvalue weighted by atomic mass is 9.34. The Morgan fingerprint density at radius 2 is 0.961 bits per heavy atom. The van der Waals surface area contributed by atoms with Crippen LogP contribution in [0, 0.1) is 0 Å². The summed E-state index contributed by atoms with van der Waals surface area (Å²) in [5.74, 6) is 0. The van der Waals surface area contributed by atoms with Gasteiger partial charge in [-0.1, -0.05) is 91.0 Å². The molecule has 8 heterocycles. The van der Waals surface area contributed by atoms with Crippen LogP contribution in [-0.4, -0.2) is 29.2 Å². The van der Waals surface area contributed by atoms with E-state index in [0.29, 0.717) is 0 Å². The van der Waals surface area contributed by atoms with Crippen LogP contribution in [0.3, 0.4) is 0 Å². The molecule has 234 valence electrons. The van der Waals surface area contributed by atoms with E-state index in [-0.39, 0.29) is 6.71 Å². The molecule has 51 heavy (non-hydrogen) atoms. The first-order valence-electron chi connectivity index (χ1n) is 17.6. The molecule has 0 radical (unpaired) electrons. The van der Waals surface area contributed by atoms with Gasteiger partial charge in [0.15, 0.2) is 0 Å². The van der Waals surface area contributed by atoms with Crippen LogP contribution in [0.4, 0.5) is 0 Å². The summed E-state index contributed by atoms with van der Waals surface area (Å²) in [5, 5.41) is 4.92. The number of rotatable bonds is 1. The summed E-state index contributed by atoms with van der Waals surface area (Å²) in [6, 6.07) is 53.0. The molecule has 0 fully saturated rings. The molecular weight excluding hydrogens is 625 g/mol. The van der Waals surface area contributed by atoms with Gasteiger partial charge in [-0.25, -0.2) is 0 Å². The van der Waals surface area contributed by atoms with E-state index in [1.807, 2.05) is 0 Å². The Balaban J connectivity index is 1.28. The number of fused-ring (bicyclic) bond motifs is 20. The van der Waals surface area contributed by atoms with E-state index < -0.39 is 0 Å². The van der Waals surface area contributed by atoms with Crippen LogP contribution < -0.4 is 16.4 Å². The van der Waals surface area contributed by atoms with Crippen LogP contribution in [-0.2, 0) is 0 Å². The SMILES string of the molecule is c1ccc(-n2c3ccccc3c3c2n2c4ccccc4c4c2n3-c2cccc3c2B4c2c4ccccc4n4c5oc6ccccc6c5n-3c24)cc1. The molecule has 6 nitrogen and oxygen atoms in total. The molecule has 0 saturated carbocycles. The summed E-state index contributed by atoms with van der Waals surface area (Å²) in [7, 11) is 0. The molecule has 0 aliphatic carbocycles. The molecular formula is C44H24BN5O. The fourth-order valence-electron chi connectivity index (χ4n) is 10.1. The van der Waals surface area contributed by atoms with Gasteiger partial charge in [0.1, 0.15) is 28.0 Å². The minimum Gasteiger partial charge on any atom is -0.437 e. The largest absolute Gasteiger partial charge is 0.437 e. The average Bonchev–Trinajstić information content (AvgIpc) is 4.01. The Kier molecular flexibility index (Phi) is 4.09. The number of nitrogens with zero attached hydrogens (tertiary/aromatic N) is 5. The smallest absolute Gasteiger partial charge is 0.258 e. The highest BCUT2D eigenvalue weighted by Crippen LogP contribution is 2.43. The lowest BCUT2D eigenvalue weighted by Gasteiger charge is -2.31. The number of benzene rings is 6. The van der Waals surface area contributed by atoms with E-state index in [0.717, 1.165) is 27.9 Å². The van der Waals surface area contributed by atoms with Gasteiger partial charge in [0.25, 0.3) is 6.71 Å². The number of para-hydroxylation sites is 5. The lowest BCUT2D eigenvalue weighted by Crippen LogP contribution is -2.59. The van der Waals surface area contributed by atoms with Gasteiger partial charge in [0, 0.05) is 27.8 Å². The highest BCUT2D eigenvalue weighted by atomic mass is 16.3. The minimum atomic E-state index is 0.0155. The summed E-state index contributed by atoms with van der Waals surface area (Å²) in [4.78, 5) is 0. The molecule has 12 aromatic rings. The van der Waals surface area contributed by atoms with Crippen molar-refractivity contribution in [3.8, 4) is 17.1 Å². The zero-order chi connectivity index (χ0) is 32.7. The summed E-state index contributed by atoms with van der Waals surface area (Å²) >= 11 is 0. The fraction of sp³-hybridized carbons (Fsp3) is 0. The van der Waals surface area contributed by atoms with Crippen molar-refractivity contribution in [3.05, 3.63) is 146 Å². The van der Waals surface area contributed by atoms with Gasteiger partial charge >= 0.3 is 0 Å². The summed E-state index contributed by atoms with van der Waals surface area (Å²) in [5.41, 5.74) is 19.0. The van der Waals surface area contributed by atoms with Crippen molar-refractivity contribution in [2.75, 3.05) is 0 Å². The number of furan rings is 1. The molecule has 0 saturated heterocycles. The predicted molar refractivity (Wildman–Crippen MR) is 208 cm³/mol. The van der Waals surface area contributed by atoms with Crippen LogP contribution in [0.2, 0.25) is 0 Å². The monoisotopic (exact) mass is 649 g/mol. The molecule has 0 atom stereocenters. The van der Waals surface area contributed by atoms with Crippen LogP contribution >= 0.6 is 0 Å². The van der Waals surface area contributed by atoms with Gasteiger partial charge in [-0.3, -0.25) is 22.5 Å². The number of aromatic nitrogens is 5. The van der Waals surface area contributed by atoms with E-state index in [1.165, 1.54) is 82.9 Å². The normalized spacial score (nSPS) is 13.5. The second-order valence-corrected chi connectivity index (χ2v) is 14.1. The van der Waals surface area contributed by atoms with Gasteiger partial charge in [-0.2, -0.15) is 0 Å². The van der Waals surface area contributed by atoms with Crippen molar-refractivity contribution in [2.45, 2.75) is 0 Å². The van der Waals surface area contributed by atoms with Gasteiger partial charge in [-0.15, -0.1) is 0 Å². The lowest BCUT2D eigenvalue weighted by molar-refractivity contribution is 0.652. The molecule has 6 aromatic heterocycles. The quantitative estimate of drug-likeness (QED) is 0.165. The molecule has 6 aromatic carbocycles. The Bertz CT molecular complexity index is 3550. The van der Waals surface area contributed by atoms with E-state index in [2.05, 4.69) is 168 Å². The molecule has 0 bridgehead atoms. The molecule has 2 aliphatic heterocycles. The van der Waals surface area contributed by atoms with Gasteiger partial charge < -0.3 is 4.42 Å². The third-order valence-electron chi connectivity index (χ3n) is 11.9. The summed E-state index contributed by atoms with van der Waals surface area (Å²) in [6.07, 6.45) is 0. The first-order chi connectivity index (χ1) is 25.4. The van der Waals surface area contributed by atoms with Crippen molar-refractivity contribution >= 4 is 100 Å². The van der Waals surface area contributed by atoms with E-state index in [4.69, 9.17) is 4.42 Å². The van der Waals surface area contributed by atoms with Crippen LogP contribution in [0.5, 0.6) is 0 Å². The van der Waals surface area contributed by atoms with Crippen molar-refractivity contribution in [2.24, 2.45) is 0 Å². The molecule has 0 unspecified atom stereocenters. The fourth-order valence-corrected chi connectivity index (χ4v) is 10.1. The minimum absolute atomic E-state index is 0.0155. The molecule has 7 heteroatoms. The second kappa shape index (κ2) is 8.29. The van der Waals surface area contributed by atoms with Gasteiger partial charge in [-0.05, 0) is 81.8 Å². The first-order valence-corrected chi connectivity index (χ1v) is 17.6. The summed E-state index contributed by atoms with van der Waals surface area (Å²) in [6.45, 7) is 0.0155. The first kappa shape index (κ1) is 25.2. The molecule has 0 amide bonds. The maximum Gasteiger partial charge on any atom is 0.258 e. The Hall–Kier alpha value is -6.86. The molecule has 14 rings (SSSR count). The maximum absolute atomic E-state index is 6.77. The Labute approximate surface area is 289 Å².